The molecule has 0 unspecified atom stereocenters. The highest BCUT2D eigenvalue weighted by atomic mass is 35.5. The smallest absolute Gasteiger partial charge is 0.220 e. The van der Waals surface area contributed by atoms with E-state index in [1.54, 1.807) is 0 Å². The van der Waals surface area contributed by atoms with Gasteiger partial charge in [0.05, 0.1) is 6.54 Å². The first-order valence-electron chi connectivity index (χ1n) is 7.58. The van der Waals surface area contributed by atoms with E-state index in [1.807, 2.05) is 19.2 Å². The fraction of sp³-hybridized carbons (Fsp3) is 0.588. The maximum Gasteiger partial charge on any atom is 0.220 e. The van der Waals surface area contributed by atoms with Crippen molar-refractivity contribution in [1.29, 1.82) is 0 Å². The number of benzene rings is 1. The molecular weight excluding hydrogens is 300 g/mol. The molecule has 5 heteroatoms. The number of hydrogen-bond acceptors (Lipinski definition) is 3. The Hall–Kier alpha value is -1.26. The number of rotatable bonds is 8. The number of carbonyl (C=O) groups excluding carboxylic acids is 1. The van der Waals surface area contributed by atoms with E-state index in [4.69, 9.17) is 4.74 Å². The highest BCUT2D eigenvalue weighted by Crippen LogP contribution is 2.25. The molecular formula is C17H29ClN2O2. The van der Waals surface area contributed by atoms with Crippen LogP contribution in [0.5, 0.6) is 5.75 Å². The van der Waals surface area contributed by atoms with Gasteiger partial charge < -0.3 is 15.4 Å². The van der Waals surface area contributed by atoms with Gasteiger partial charge in [0.2, 0.25) is 5.91 Å². The van der Waals surface area contributed by atoms with Crippen molar-refractivity contribution in [2.45, 2.75) is 39.0 Å². The second-order valence-electron chi connectivity index (χ2n) is 6.18. The molecule has 1 aromatic carbocycles. The standard InChI is InChI=1S/C17H28N2O2.ClH/c1-17(2,3)14-7-5-8-15(13-14)21-12-11-19-16(20)9-6-10-18-4;/h5,7-8,13,18H,6,9-12H2,1-4H3,(H,19,20);1H. The molecule has 0 fully saturated rings. The second-order valence-corrected chi connectivity index (χ2v) is 6.18. The largest absolute Gasteiger partial charge is 0.492 e. The molecule has 0 spiro atoms. The summed E-state index contributed by atoms with van der Waals surface area (Å²) < 4.78 is 5.69. The topological polar surface area (TPSA) is 50.4 Å². The van der Waals surface area contributed by atoms with Crippen molar-refractivity contribution in [3.63, 3.8) is 0 Å². The molecule has 0 aliphatic rings. The molecule has 0 radical (unpaired) electrons. The van der Waals surface area contributed by atoms with Crippen LogP contribution in [0, 0.1) is 0 Å². The SMILES string of the molecule is CNCCCC(=O)NCCOc1cccc(C(C)(C)C)c1.Cl. The molecule has 0 saturated carbocycles. The third kappa shape index (κ3) is 8.25. The number of carbonyl (C=O) groups is 1. The quantitative estimate of drug-likeness (QED) is 0.721. The number of halogens is 1. The molecule has 1 rings (SSSR count). The van der Waals surface area contributed by atoms with Gasteiger partial charge in [-0.1, -0.05) is 32.9 Å². The van der Waals surface area contributed by atoms with Gasteiger partial charge in [-0.25, -0.2) is 0 Å². The first-order valence-corrected chi connectivity index (χ1v) is 7.58. The van der Waals surface area contributed by atoms with Crippen LogP contribution in [0.1, 0.15) is 39.2 Å². The summed E-state index contributed by atoms with van der Waals surface area (Å²) in [5.41, 5.74) is 1.36. The van der Waals surface area contributed by atoms with E-state index in [9.17, 15) is 4.79 Å². The molecule has 0 aromatic heterocycles. The van der Waals surface area contributed by atoms with Gasteiger partial charge in [-0.15, -0.1) is 12.4 Å². The molecule has 1 aromatic rings. The van der Waals surface area contributed by atoms with Crippen LogP contribution in [0.4, 0.5) is 0 Å². The predicted octanol–water partition coefficient (Wildman–Crippen LogP) is 2.90. The zero-order valence-corrected chi connectivity index (χ0v) is 14.9. The Labute approximate surface area is 140 Å². The van der Waals surface area contributed by atoms with Crippen molar-refractivity contribution >= 4 is 18.3 Å². The molecule has 2 N–H and O–H groups in total. The second kappa shape index (κ2) is 10.5. The van der Waals surface area contributed by atoms with Crippen LogP contribution in [0.25, 0.3) is 0 Å². The van der Waals surface area contributed by atoms with E-state index in [-0.39, 0.29) is 23.7 Å². The molecule has 0 bridgehead atoms. The van der Waals surface area contributed by atoms with Crippen molar-refractivity contribution < 1.29 is 9.53 Å². The minimum atomic E-state index is 0. The van der Waals surface area contributed by atoms with Gasteiger partial charge in [-0.3, -0.25) is 4.79 Å². The van der Waals surface area contributed by atoms with E-state index in [0.717, 1.165) is 18.7 Å². The maximum absolute atomic E-state index is 11.5. The van der Waals surface area contributed by atoms with Gasteiger partial charge in [-0.05, 0) is 43.1 Å². The summed E-state index contributed by atoms with van der Waals surface area (Å²) in [6, 6.07) is 8.13. The van der Waals surface area contributed by atoms with Gasteiger partial charge in [0.1, 0.15) is 12.4 Å². The Kier molecular flexibility index (Phi) is 9.86. The first kappa shape index (κ1) is 20.7. The van der Waals surface area contributed by atoms with Crippen LogP contribution < -0.4 is 15.4 Å². The third-order valence-corrected chi connectivity index (χ3v) is 3.22. The van der Waals surface area contributed by atoms with Crippen molar-refractivity contribution in [2.75, 3.05) is 26.7 Å². The summed E-state index contributed by atoms with van der Waals surface area (Å²) in [6.45, 7) is 8.43. The summed E-state index contributed by atoms with van der Waals surface area (Å²) in [5.74, 6) is 0.934. The van der Waals surface area contributed by atoms with Crippen LogP contribution in [-0.2, 0) is 10.2 Å². The maximum atomic E-state index is 11.5. The van der Waals surface area contributed by atoms with Crippen molar-refractivity contribution in [2.24, 2.45) is 0 Å². The van der Waals surface area contributed by atoms with Crippen LogP contribution in [-0.4, -0.2) is 32.7 Å². The Morgan fingerprint density at radius 1 is 1.23 bits per heavy atom. The van der Waals surface area contributed by atoms with Crippen molar-refractivity contribution in [1.82, 2.24) is 10.6 Å². The monoisotopic (exact) mass is 328 g/mol. The van der Waals surface area contributed by atoms with Crippen LogP contribution in [0.2, 0.25) is 0 Å². The van der Waals surface area contributed by atoms with E-state index in [2.05, 4.69) is 43.5 Å². The minimum absolute atomic E-state index is 0. The van der Waals surface area contributed by atoms with Crippen LogP contribution >= 0.6 is 12.4 Å². The fourth-order valence-corrected chi connectivity index (χ4v) is 1.93. The predicted molar refractivity (Wildman–Crippen MR) is 94.1 cm³/mol. The van der Waals surface area contributed by atoms with Crippen LogP contribution in [0.3, 0.4) is 0 Å². The first-order chi connectivity index (χ1) is 9.93. The summed E-state index contributed by atoms with van der Waals surface area (Å²) in [4.78, 5) is 11.5. The van der Waals surface area contributed by atoms with Gasteiger partial charge >= 0.3 is 0 Å². The number of amides is 1. The lowest BCUT2D eigenvalue weighted by atomic mass is 9.87. The summed E-state index contributed by atoms with van der Waals surface area (Å²) in [5, 5.41) is 5.89. The average Bonchev–Trinajstić information content (AvgIpc) is 2.43. The average molecular weight is 329 g/mol. The highest BCUT2D eigenvalue weighted by molar-refractivity contribution is 5.85. The van der Waals surface area contributed by atoms with E-state index in [1.165, 1.54) is 5.56 Å². The Bertz CT molecular complexity index is 445. The molecule has 0 aliphatic heterocycles. The Morgan fingerprint density at radius 2 is 1.95 bits per heavy atom. The fourth-order valence-electron chi connectivity index (χ4n) is 1.93. The summed E-state index contributed by atoms with van der Waals surface area (Å²) in [7, 11) is 1.89. The lowest BCUT2D eigenvalue weighted by molar-refractivity contribution is -0.121. The van der Waals surface area contributed by atoms with Crippen molar-refractivity contribution in [3.05, 3.63) is 29.8 Å². The Balaban J connectivity index is 0.00000441. The molecule has 4 nitrogen and oxygen atoms in total. The van der Waals surface area contributed by atoms with Crippen molar-refractivity contribution in [3.8, 4) is 5.75 Å². The lowest BCUT2D eigenvalue weighted by Crippen LogP contribution is -2.28. The molecule has 0 atom stereocenters. The van der Waals surface area contributed by atoms with Gasteiger partial charge in [0.25, 0.3) is 0 Å². The molecule has 0 aliphatic carbocycles. The van der Waals surface area contributed by atoms with E-state index in [0.29, 0.717) is 19.6 Å². The minimum Gasteiger partial charge on any atom is -0.492 e. The molecule has 0 heterocycles. The normalized spacial score (nSPS) is 10.7. The zero-order valence-electron chi connectivity index (χ0n) is 14.1. The van der Waals surface area contributed by atoms with Gasteiger partial charge in [0, 0.05) is 6.42 Å². The highest BCUT2D eigenvalue weighted by Gasteiger charge is 2.13. The molecule has 22 heavy (non-hydrogen) atoms. The Morgan fingerprint density at radius 3 is 2.59 bits per heavy atom. The number of ether oxygens (including phenoxy) is 1. The molecule has 126 valence electrons. The zero-order chi connectivity index (χ0) is 15.7. The van der Waals surface area contributed by atoms with Crippen LogP contribution in [0.15, 0.2) is 24.3 Å². The number of hydrogen-bond donors (Lipinski definition) is 2. The lowest BCUT2D eigenvalue weighted by Gasteiger charge is -2.19. The summed E-state index contributed by atoms with van der Waals surface area (Å²) >= 11 is 0. The van der Waals surface area contributed by atoms with E-state index >= 15 is 0 Å². The van der Waals surface area contributed by atoms with Gasteiger partial charge in [-0.2, -0.15) is 0 Å². The van der Waals surface area contributed by atoms with E-state index < -0.39 is 0 Å². The summed E-state index contributed by atoms with van der Waals surface area (Å²) in [6.07, 6.45) is 1.41. The number of nitrogens with one attached hydrogen (secondary N) is 2. The molecule has 0 saturated heterocycles. The molecule has 1 amide bonds. The third-order valence-electron chi connectivity index (χ3n) is 3.22. The van der Waals surface area contributed by atoms with Gasteiger partial charge in [0.15, 0.2) is 0 Å².